The van der Waals surface area contributed by atoms with Crippen LogP contribution in [0.2, 0.25) is 0 Å². The van der Waals surface area contributed by atoms with Gasteiger partial charge in [0.15, 0.2) is 5.16 Å². The lowest BCUT2D eigenvalue weighted by Crippen LogP contribution is -2.22. The summed E-state index contributed by atoms with van der Waals surface area (Å²) in [6.45, 7) is 7.05. The molecule has 0 bridgehead atoms. The molecule has 0 radical (unpaired) electrons. The van der Waals surface area contributed by atoms with Crippen LogP contribution in [0.25, 0.3) is 21.9 Å². The van der Waals surface area contributed by atoms with Crippen LogP contribution in [0.5, 0.6) is 0 Å². The molecule has 0 atom stereocenters. The van der Waals surface area contributed by atoms with E-state index in [-0.39, 0.29) is 5.56 Å². The van der Waals surface area contributed by atoms with Gasteiger partial charge in [-0.25, -0.2) is 4.98 Å². The summed E-state index contributed by atoms with van der Waals surface area (Å²) < 4.78 is 1.77. The predicted molar refractivity (Wildman–Crippen MR) is 93.7 cm³/mol. The highest BCUT2D eigenvalue weighted by Crippen LogP contribution is 2.25. The highest BCUT2D eigenvalue weighted by Gasteiger charge is 2.14. The molecule has 3 aromatic rings. The van der Waals surface area contributed by atoms with Crippen molar-refractivity contribution in [3.63, 3.8) is 0 Å². The van der Waals surface area contributed by atoms with Crippen LogP contribution in [-0.4, -0.2) is 20.3 Å². The fraction of sp³-hybridized carbons (Fsp3) is 0.412. The fourth-order valence-corrected chi connectivity index (χ4v) is 3.85. The molecular formula is C17H21N3OS. The van der Waals surface area contributed by atoms with Crippen LogP contribution < -0.4 is 5.56 Å². The topological polar surface area (TPSA) is 50.7 Å². The van der Waals surface area contributed by atoms with Gasteiger partial charge in [0.25, 0.3) is 5.56 Å². The predicted octanol–water partition coefficient (Wildman–Crippen LogP) is 4.04. The second-order valence-electron chi connectivity index (χ2n) is 5.87. The van der Waals surface area contributed by atoms with E-state index < -0.39 is 0 Å². The van der Waals surface area contributed by atoms with Gasteiger partial charge in [-0.1, -0.05) is 43.8 Å². The molecule has 0 saturated heterocycles. The maximum Gasteiger partial charge on any atom is 0.278 e. The molecule has 1 aromatic carbocycles. The van der Waals surface area contributed by atoms with Crippen LogP contribution in [0.4, 0.5) is 0 Å². The van der Waals surface area contributed by atoms with Gasteiger partial charge in [-0.05, 0) is 25.3 Å². The number of benzene rings is 1. The summed E-state index contributed by atoms with van der Waals surface area (Å²) >= 11 is 1.68. The smallest absolute Gasteiger partial charge is 0.278 e. The Labute approximate surface area is 133 Å². The Morgan fingerprint density at radius 3 is 2.82 bits per heavy atom. The van der Waals surface area contributed by atoms with E-state index in [1.54, 1.807) is 16.3 Å². The summed E-state index contributed by atoms with van der Waals surface area (Å²) in [6, 6.07) is 7.94. The maximum atomic E-state index is 12.7. The maximum absolute atomic E-state index is 12.7. The van der Waals surface area contributed by atoms with E-state index in [0.717, 1.165) is 33.7 Å². The van der Waals surface area contributed by atoms with Crippen molar-refractivity contribution in [1.29, 1.82) is 0 Å². The van der Waals surface area contributed by atoms with Gasteiger partial charge in [0.1, 0.15) is 11.0 Å². The number of nitrogens with one attached hydrogen (secondary N) is 1. The van der Waals surface area contributed by atoms with Crippen molar-refractivity contribution in [1.82, 2.24) is 14.5 Å². The molecule has 0 aliphatic rings. The molecule has 3 rings (SSSR count). The van der Waals surface area contributed by atoms with Gasteiger partial charge in [0.2, 0.25) is 0 Å². The largest absolute Gasteiger partial charge is 0.349 e. The molecule has 2 heterocycles. The average Bonchev–Trinajstić information content (AvgIpc) is 2.86. The van der Waals surface area contributed by atoms with Crippen molar-refractivity contribution in [2.75, 3.05) is 5.75 Å². The number of fused-ring (bicyclic) bond motifs is 3. The fourth-order valence-electron chi connectivity index (χ4n) is 2.55. The highest BCUT2D eigenvalue weighted by molar-refractivity contribution is 7.99. The van der Waals surface area contributed by atoms with Gasteiger partial charge in [0, 0.05) is 23.2 Å². The minimum atomic E-state index is 0.0238. The Hall–Kier alpha value is -1.75. The molecule has 0 unspecified atom stereocenters. The first-order valence-electron chi connectivity index (χ1n) is 7.75. The number of hydrogen-bond donors (Lipinski definition) is 1. The Morgan fingerprint density at radius 1 is 1.32 bits per heavy atom. The van der Waals surface area contributed by atoms with Crippen molar-refractivity contribution >= 4 is 33.7 Å². The second-order valence-corrected chi connectivity index (χ2v) is 6.93. The lowest BCUT2D eigenvalue weighted by Gasteiger charge is -2.10. The summed E-state index contributed by atoms with van der Waals surface area (Å²) in [6.07, 6.45) is 1.12. The first kappa shape index (κ1) is 15.2. The van der Waals surface area contributed by atoms with Crippen LogP contribution in [0.3, 0.4) is 0 Å². The van der Waals surface area contributed by atoms with E-state index in [1.807, 2.05) is 31.2 Å². The molecule has 0 spiro atoms. The first-order chi connectivity index (χ1) is 10.6. The van der Waals surface area contributed by atoms with Crippen LogP contribution in [0.15, 0.2) is 34.2 Å². The van der Waals surface area contributed by atoms with Gasteiger partial charge in [-0.3, -0.25) is 9.36 Å². The molecule has 5 heteroatoms. The average molecular weight is 315 g/mol. The van der Waals surface area contributed by atoms with E-state index in [4.69, 9.17) is 4.98 Å². The van der Waals surface area contributed by atoms with Crippen molar-refractivity contribution < 1.29 is 0 Å². The number of hydrogen-bond acceptors (Lipinski definition) is 3. The zero-order chi connectivity index (χ0) is 15.7. The van der Waals surface area contributed by atoms with Gasteiger partial charge in [0.05, 0.1) is 0 Å². The molecule has 4 nitrogen and oxygen atoms in total. The number of aromatic nitrogens is 3. The Balaban J connectivity index is 2.14. The van der Waals surface area contributed by atoms with Crippen molar-refractivity contribution in [3.8, 4) is 0 Å². The number of thioether (sulfide) groups is 1. The molecule has 0 aliphatic heterocycles. The van der Waals surface area contributed by atoms with E-state index >= 15 is 0 Å². The summed E-state index contributed by atoms with van der Waals surface area (Å²) in [7, 11) is 0. The normalized spacial score (nSPS) is 11.8. The third-order valence-corrected chi connectivity index (χ3v) is 4.83. The van der Waals surface area contributed by atoms with Gasteiger partial charge >= 0.3 is 0 Å². The van der Waals surface area contributed by atoms with Crippen LogP contribution in [0.1, 0.15) is 27.2 Å². The van der Waals surface area contributed by atoms with E-state index in [2.05, 4.69) is 18.8 Å². The number of para-hydroxylation sites is 1. The van der Waals surface area contributed by atoms with Crippen LogP contribution >= 0.6 is 11.8 Å². The number of rotatable bonds is 5. The Kier molecular flexibility index (Phi) is 4.25. The molecule has 0 amide bonds. The summed E-state index contributed by atoms with van der Waals surface area (Å²) in [5, 5.41) is 1.84. The number of H-pyrrole nitrogens is 1. The second kappa shape index (κ2) is 6.16. The first-order valence-corrected chi connectivity index (χ1v) is 8.74. The van der Waals surface area contributed by atoms with Crippen LogP contribution in [0, 0.1) is 5.92 Å². The number of aromatic amines is 1. The number of nitrogens with zero attached hydrogens (tertiary/aromatic N) is 2. The van der Waals surface area contributed by atoms with Crippen LogP contribution in [-0.2, 0) is 6.54 Å². The standard InChI is InChI=1S/C17H21N3OS/c1-4-20-16(21)15-14(12-7-5-6-8-13(12)18-15)19-17(20)22-10-9-11(2)3/h5-8,11,18H,4,9-10H2,1-3H3. The minimum absolute atomic E-state index is 0.0238. The molecule has 116 valence electrons. The van der Waals surface area contributed by atoms with Crippen molar-refractivity contribution in [2.24, 2.45) is 5.92 Å². The quantitative estimate of drug-likeness (QED) is 0.571. The molecule has 1 N–H and O–H groups in total. The monoisotopic (exact) mass is 315 g/mol. The summed E-state index contributed by atoms with van der Waals surface area (Å²) in [5.74, 6) is 1.64. The van der Waals surface area contributed by atoms with Gasteiger partial charge < -0.3 is 4.98 Å². The van der Waals surface area contributed by atoms with Crippen molar-refractivity contribution in [3.05, 3.63) is 34.6 Å². The van der Waals surface area contributed by atoms with Gasteiger partial charge in [-0.15, -0.1) is 0 Å². The summed E-state index contributed by atoms with van der Waals surface area (Å²) in [4.78, 5) is 20.7. The third kappa shape index (κ3) is 2.65. The molecule has 0 saturated carbocycles. The molecule has 2 aromatic heterocycles. The molecule has 22 heavy (non-hydrogen) atoms. The zero-order valence-electron chi connectivity index (χ0n) is 13.2. The Bertz CT molecular complexity index is 863. The molecular weight excluding hydrogens is 294 g/mol. The minimum Gasteiger partial charge on any atom is -0.349 e. The molecule has 0 fully saturated rings. The lowest BCUT2D eigenvalue weighted by atomic mass is 10.2. The zero-order valence-corrected chi connectivity index (χ0v) is 14.0. The third-order valence-electron chi connectivity index (χ3n) is 3.82. The van der Waals surface area contributed by atoms with Crippen molar-refractivity contribution in [2.45, 2.75) is 38.9 Å². The molecule has 0 aliphatic carbocycles. The summed E-state index contributed by atoms with van der Waals surface area (Å²) in [5.41, 5.74) is 2.39. The Morgan fingerprint density at radius 2 is 2.09 bits per heavy atom. The van der Waals surface area contributed by atoms with E-state index in [9.17, 15) is 4.79 Å². The highest BCUT2D eigenvalue weighted by atomic mass is 32.2. The van der Waals surface area contributed by atoms with E-state index in [1.165, 1.54) is 0 Å². The van der Waals surface area contributed by atoms with Gasteiger partial charge in [-0.2, -0.15) is 0 Å². The lowest BCUT2D eigenvalue weighted by molar-refractivity contribution is 0.620. The SMILES string of the molecule is CCn1c(SCCC(C)C)nc2c([nH]c3ccccc32)c1=O. The van der Waals surface area contributed by atoms with E-state index in [0.29, 0.717) is 18.0 Å².